The highest BCUT2D eigenvalue weighted by Crippen LogP contribution is 2.27. The summed E-state index contributed by atoms with van der Waals surface area (Å²) < 4.78 is 5.61. The van der Waals surface area contributed by atoms with E-state index in [1.165, 1.54) is 4.90 Å². The van der Waals surface area contributed by atoms with Gasteiger partial charge in [0.25, 0.3) is 5.91 Å². The Labute approximate surface area is 188 Å². The average Bonchev–Trinajstić information content (AvgIpc) is 2.70. The fourth-order valence-electron chi connectivity index (χ4n) is 2.87. The molecular formula is C23H28Cl2N2O3. The SMILES string of the molecule is CCC(C)NC(=O)C(C)N(Cc1cccc(C)c1)C(=O)COc1ccc(Cl)cc1Cl. The molecule has 0 bridgehead atoms. The van der Waals surface area contributed by atoms with Crippen molar-refractivity contribution >= 4 is 35.0 Å². The first kappa shape index (κ1) is 24.0. The molecule has 2 rings (SSSR count). The first-order valence-electron chi connectivity index (χ1n) is 9.94. The summed E-state index contributed by atoms with van der Waals surface area (Å²) in [5, 5.41) is 3.75. The third kappa shape index (κ3) is 6.92. The largest absolute Gasteiger partial charge is 0.482 e. The molecule has 1 N–H and O–H groups in total. The average molecular weight is 451 g/mol. The van der Waals surface area contributed by atoms with Gasteiger partial charge in [0.05, 0.1) is 5.02 Å². The predicted octanol–water partition coefficient (Wildman–Crippen LogP) is 5.01. The quantitative estimate of drug-likeness (QED) is 0.583. The molecule has 0 aliphatic rings. The summed E-state index contributed by atoms with van der Waals surface area (Å²) in [6.45, 7) is 7.69. The van der Waals surface area contributed by atoms with Crippen LogP contribution < -0.4 is 10.1 Å². The van der Waals surface area contributed by atoms with Gasteiger partial charge in [0.2, 0.25) is 5.91 Å². The monoisotopic (exact) mass is 450 g/mol. The Morgan fingerprint density at radius 3 is 2.50 bits per heavy atom. The number of ether oxygens (including phenoxy) is 1. The Morgan fingerprint density at radius 2 is 1.87 bits per heavy atom. The summed E-state index contributed by atoms with van der Waals surface area (Å²) in [4.78, 5) is 27.3. The Bertz CT molecular complexity index is 889. The number of nitrogens with one attached hydrogen (secondary N) is 1. The summed E-state index contributed by atoms with van der Waals surface area (Å²) in [5.41, 5.74) is 2.02. The molecule has 0 radical (unpaired) electrons. The number of nitrogens with zero attached hydrogens (tertiary/aromatic N) is 1. The number of benzene rings is 2. The fourth-order valence-corrected chi connectivity index (χ4v) is 3.33. The lowest BCUT2D eigenvalue weighted by Crippen LogP contribution is -2.50. The third-order valence-corrected chi connectivity index (χ3v) is 5.38. The van der Waals surface area contributed by atoms with E-state index in [1.54, 1.807) is 25.1 Å². The van der Waals surface area contributed by atoms with Gasteiger partial charge in [-0.3, -0.25) is 9.59 Å². The highest BCUT2D eigenvalue weighted by Gasteiger charge is 2.27. The first-order valence-corrected chi connectivity index (χ1v) is 10.7. The van der Waals surface area contributed by atoms with Crippen molar-refractivity contribution in [2.24, 2.45) is 0 Å². The zero-order valence-corrected chi connectivity index (χ0v) is 19.3. The molecule has 0 heterocycles. The number of carbonyl (C=O) groups excluding carboxylic acids is 2. The van der Waals surface area contributed by atoms with Gasteiger partial charge in [-0.15, -0.1) is 0 Å². The first-order chi connectivity index (χ1) is 14.2. The molecular weight excluding hydrogens is 423 g/mol. The molecule has 2 unspecified atom stereocenters. The van der Waals surface area contributed by atoms with Crippen molar-refractivity contribution in [2.45, 2.75) is 52.7 Å². The smallest absolute Gasteiger partial charge is 0.261 e. The maximum absolute atomic E-state index is 13.0. The summed E-state index contributed by atoms with van der Waals surface area (Å²) in [5.74, 6) is -0.147. The normalized spacial score (nSPS) is 12.7. The van der Waals surface area contributed by atoms with Crippen LogP contribution >= 0.6 is 23.2 Å². The van der Waals surface area contributed by atoms with Gasteiger partial charge in [0, 0.05) is 17.6 Å². The summed E-state index contributed by atoms with van der Waals surface area (Å²) >= 11 is 12.0. The number of rotatable bonds is 9. The van der Waals surface area contributed by atoms with Gasteiger partial charge in [0.1, 0.15) is 11.8 Å². The maximum atomic E-state index is 13.0. The van der Waals surface area contributed by atoms with E-state index in [4.69, 9.17) is 27.9 Å². The van der Waals surface area contributed by atoms with Crippen molar-refractivity contribution in [3.8, 4) is 5.75 Å². The number of hydrogen-bond donors (Lipinski definition) is 1. The number of amides is 2. The van der Waals surface area contributed by atoms with Crippen LogP contribution in [0.3, 0.4) is 0 Å². The third-order valence-electron chi connectivity index (χ3n) is 4.85. The highest BCUT2D eigenvalue weighted by atomic mass is 35.5. The zero-order valence-electron chi connectivity index (χ0n) is 17.7. The van der Waals surface area contributed by atoms with E-state index >= 15 is 0 Å². The van der Waals surface area contributed by atoms with Gasteiger partial charge in [-0.25, -0.2) is 0 Å². The minimum absolute atomic E-state index is 0.0278. The van der Waals surface area contributed by atoms with Crippen LogP contribution in [0, 0.1) is 6.92 Å². The van der Waals surface area contributed by atoms with E-state index in [-0.39, 0.29) is 24.5 Å². The van der Waals surface area contributed by atoms with Gasteiger partial charge in [-0.05, 0) is 51.0 Å². The van der Waals surface area contributed by atoms with Crippen molar-refractivity contribution in [3.63, 3.8) is 0 Å². The molecule has 5 nitrogen and oxygen atoms in total. The van der Waals surface area contributed by atoms with Gasteiger partial charge in [0.15, 0.2) is 6.61 Å². The van der Waals surface area contributed by atoms with Crippen LogP contribution in [0.2, 0.25) is 10.0 Å². The van der Waals surface area contributed by atoms with Gasteiger partial charge in [-0.2, -0.15) is 0 Å². The van der Waals surface area contributed by atoms with Gasteiger partial charge in [-0.1, -0.05) is 60.0 Å². The zero-order chi connectivity index (χ0) is 22.3. The minimum atomic E-state index is -0.656. The van der Waals surface area contributed by atoms with Crippen molar-refractivity contribution in [3.05, 3.63) is 63.6 Å². The van der Waals surface area contributed by atoms with Crippen LogP contribution in [-0.2, 0) is 16.1 Å². The molecule has 2 aromatic carbocycles. The second-order valence-electron chi connectivity index (χ2n) is 7.37. The van der Waals surface area contributed by atoms with E-state index in [1.807, 2.05) is 45.0 Å². The molecule has 30 heavy (non-hydrogen) atoms. The molecule has 2 atom stereocenters. The van der Waals surface area contributed by atoms with Crippen molar-refractivity contribution in [1.82, 2.24) is 10.2 Å². The molecule has 0 fully saturated rings. The fraction of sp³-hybridized carbons (Fsp3) is 0.391. The maximum Gasteiger partial charge on any atom is 0.261 e. The lowest BCUT2D eigenvalue weighted by atomic mass is 10.1. The lowest BCUT2D eigenvalue weighted by Gasteiger charge is -2.29. The second kappa shape index (κ2) is 11.2. The molecule has 0 saturated heterocycles. The molecule has 162 valence electrons. The standard InChI is InChI=1S/C23H28Cl2N2O3/c1-5-16(3)26-23(29)17(4)27(13-18-8-6-7-15(2)11-18)22(28)14-30-21-10-9-19(24)12-20(21)25/h6-12,16-17H,5,13-14H2,1-4H3,(H,26,29). The van der Waals surface area contributed by atoms with E-state index in [2.05, 4.69) is 5.32 Å². The van der Waals surface area contributed by atoms with E-state index in [9.17, 15) is 9.59 Å². The van der Waals surface area contributed by atoms with Gasteiger partial charge < -0.3 is 15.0 Å². The van der Waals surface area contributed by atoms with Crippen molar-refractivity contribution in [1.29, 1.82) is 0 Å². The van der Waals surface area contributed by atoms with Crippen molar-refractivity contribution in [2.75, 3.05) is 6.61 Å². The molecule has 0 spiro atoms. The molecule has 0 aliphatic carbocycles. The number of aryl methyl sites for hydroxylation is 1. The number of halogens is 2. The highest BCUT2D eigenvalue weighted by molar-refractivity contribution is 6.35. The van der Waals surface area contributed by atoms with E-state index < -0.39 is 6.04 Å². The van der Waals surface area contributed by atoms with E-state index in [0.29, 0.717) is 22.3 Å². The molecule has 2 amide bonds. The summed E-state index contributed by atoms with van der Waals surface area (Å²) in [6, 6.07) is 12.0. The topological polar surface area (TPSA) is 58.6 Å². The Balaban J connectivity index is 2.18. The minimum Gasteiger partial charge on any atom is -0.482 e. The van der Waals surface area contributed by atoms with Crippen LogP contribution in [0.5, 0.6) is 5.75 Å². The van der Waals surface area contributed by atoms with Crippen LogP contribution in [-0.4, -0.2) is 35.4 Å². The Hall–Kier alpha value is -2.24. The van der Waals surface area contributed by atoms with Gasteiger partial charge >= 0.3 is 0 Å². The van der Waals surface area contributed by atoms with Crippen LogP contribution in [0.25, 0.3) is 0 Å². The number of carbonyl (C=O) groups is 2. The second-order valence-corrected chi connectivity index (χ2v) is 8.21. The van der Waals surface area contributed by atoms with Crippen LogP contribution in [0.4, 0.5) is 0 Å². The Morgan fingerprint density at radius 1 is 1.13 bits per heavy atom. The van der Waals surface area contributed by atoms with Crippen LogP contribution in [0.1, 0.15) is 38.3 Å². The molecule has 0 aliphatic heterocycles. The van der Waals surface area contributed by atoms with E-state index in [0.717, 1.165) is 17.5 Å². The summed E-state index contributed by atoms with van der Waals surface area (Å²) in [7, 11) is 0. The number of hydrogen-bond acceptors (Lipinski definition) is 3. The lowest BCUT2D eigenvalue weighted by molar-refractivity contribution is -0.142. The Kier molecular flexibility index (Phi) is 9.00. The molecule has 0 aromatic heterocycles. The summed E-state index contributed by atoms with van der Waals surface area (Å²) in [6.07, 6.45) is 0.808. The predicted molar refractivity (Wildman–Crippen MR) is 121 cm³/mol. The molecule has 7 heteroatoms. The molecule has 2 aromatic rings. The molecule has 0 saturated carbocycles. The van der Waals surface area contributed by atoms with Crippen LogP contribution in [0.15, 0.2) is 42.5 Å². The van der Waals surface area contributed by atoms with Crippen molar-refractivity contribution < 1.29 is 14.3 Å².